The first-order valence-electron chi connectivity index (χ1n) is 5.32. The Bertz CT molecular complexity index is 437. The number of carbonyl (C=O) groups excluding carboxylic acids is 1. The first-order valence-corrected chi connectivity index (χ1v) is 5.32. The summed E-state index contributed by atoms with van der Waals surface area (Å²) < 4.78 is 9.98. The third kappa shape index (κ3) is 3.74. The van der Waals surface area contributed by atoms with Crippen LogP contribution in [0.2, 0.25) is 0 Å². The van der Waals surface area contributed by atoms with Gasteiger partial charge in [0.1, 0.15) is 0 Å². The number of furan rings is 1. The number of aliphatic carboxylic acids is 1. The fourth-order valence-electron chi connectivity index (χ4n) is 1.27. The second-order valence-electron chi connectivity index (χ2n) is 3.62. The Morgan fingerprint density at radius 2 is 2.39 bits per heavy atom. The van der Waals surface area contributed by atoms with Gasteiger partial charge in [0.2, 0.25) is 0 Å². The number of amides is 1. The second kappa shape index (κ2) is 6.61. The highest BCUT2D eigenvalue weighted by molar-refractivity contribution is 5.95. The predicted octanol–water partition coefficient (Wildman–Crippen LogP) is 0.974. The standard InChI is InChI=1S/C12H15NO5/c1-3-5-17-7-9(12(15)16)13-11(14)10-8(2)4-6-18-10/h3-4,6,9H,1,5,7H2,2H3,(H,13,14)(H,15,16). The van der Waals surface area contributed by atoms with E-state index in [2.05, 4.69) is 11.9 Å². The maximum Gasteiger partial charge on any atom is 0.328 e. The Morgan fingerprint density at radius 3 is 2.89 bits per heavy atom. The average Bonchev–Trinajstić information content (AvgIpc) is 2.74. The molecule has 0 bridgehead atoms. The molecule has 0 spiro atoms. The summed E-state index contributed by atoms with van der Waals surface area (Å²) in [5.41, 5.74) is 0.642. The van der Waals surface area contributed by atoms with Crippen molar-refractivity contribution in [3.63, 3.8) is 0 Å². The summed E-state index contributed by atoms with van der Waals surface area (Å²) in [4.78, 5) is 22.7. The van der Waals surface area contributed by atoms with E-state index >= 15 is 0 Å². The molecule has 1 unspecified atom stereocenters. The Hall–Kier alpha value is -2.08. The van der Waals surface area contributed by atoms with E-state index in [-0.39, 0.29) is 19.0 Å². The van der Waals surface area contributed by atoms with Crippen molar-refractivity contribution >= 4 is 11.9 Å². The normalized spacial score (nSPS) is 11.8. The first kappa shape index (κ1) is 14.0. The highest BCUT2D eigenvalue weighted by atomic mass is 16.5. The Labute approximate surface area is 104 Å². The molecular formula is C12H15NO5. The highest BCUT2D eigenvalue weighted by Crippen LogP contribution is 2.08. The van der Waals surface area contributed by atoms with E-state index in [1.807, 2.05) is 0 Å². The van der Waals surface area contributed by atoms with E-state index in [9.17, 15) is 9.59 Å². The molecule has 0 aromatic carbocycles. The fourth-order valence-corrected chi connectivity index (χ4v) is 1.27. The summed E-state index contributed by atoms with van der Waals surface area (Å²) in [5.74, 6) is -1.64. The van der Waals surface area contributed by atoms with Crippen LogP contribution in [0.3, 0.4) is 0 Å². The van der Waals surface area contributed by atoms with Gasteiger partial charge >= 0.3 is 5.97 Å². The minimum absolute atomic E-state index is 0.102. The molecule has 1 aromatic rings. The number of nitrogens with one attached hydrogen (secondary N) is 1. The van der Waals surface area contributed by atoms with Crippen LogP contribution in [0.25, 0.3) is 0 Å². The fraction of sp³-hybridized carbons (Fsp3) is 0.333. The Morgan fingerprint density at radius 1 is 1.67 bits per heavy atom. The topological polar surface area (TPSA) is 88.8 Å². The van der Waals surface area contributed by atoms with Gasteiger partial charge in [0.05, 0.1) is 19.5 Å². The number of hydrogen-bond acceptors (Lipinski definition) is 4. The van der Waals surface area contributed by atoms with Crippen molar-refractivity contribution in [3.05, 3.63) is 36.3 Å². The lowest BCUT2D eigenvalue weighted by Gasteiger charge is -2.13. The zero-order valence-electron chi connectivity index (χ0n) is 10.0. The molecule has 1 rings (SSSR count). The predicted molar refractivity (Wildman–Crippen MR) is 63.4 cm³/mol. The molecule has 0 aliphatic rings. The van der Waals surface area contributed by atoms with Crippen molar-refractivity contribution < 1.29 is 23.8 Å². The van der Waals surface area contributed by atoms with Gasteiger partial charge in [0.25, 0.3) is 5.91 Å². The van der Waals surface area contributed by atoms with Crippen molar-refractivity contribution in [1.82, 2.24) is 5.32 Å². The maximum absolute atomic E-state index is 11.7. The number of ether oxygens (including phenoxy) is 1. The largest absolute Gasteiger partial charge is 0.480 e. The van der Waals surface area contributed by atoms with Crippen LogP contribution in [0.5, 0.6) is 0 Å². The van der Waals surface area contributed by atoms with Crippen molar-refractivity contribution in [2.75, 3.05) is 13.2 Å². The molecule has 6 heteroatoms. The van der Waals surface area contributed by atoms with Crippen molar-refractivity contribution in [2.45, 2.75) is 13.0 Å². The summed E-state index contributed by atoms with van der Waals surface area (Å²) in [5, 5.41) is 11.3. The number of carboxylic acids is 1. The highest BCUT2D eigenvalue weighted by Gasteiger charge is 2.23. The van der Waals surface area contributed by atoms with Crippen LogP contribution in [0.4, 0.5) is 0 Å². The first-order chi connectivity index (χ1) is 8.56. The quantitative estimate of drug-likeness (QED) is 0.558. The van der Waals surface area contributed by atoms with E-state index in [4.69, 9.17) is 14.3 Å². The molecule has 18 heavy (non-hydrogen) atoms. The van der Waals surface area contributed by atoms with E-state index in [1.165, 1.54) is 12.3 Å². The average molecular weight is 253 g/mol. The number of carboxylic acid groups (broad SMARTS) is 1. The van der Waals surface area contributed by atoms with Gasteiger partial charge < -0.3 is 19.6 Å². The molecule has 0 aliphatic heterocycles. The van der Waals surface area contributed by atoms with Crippen LogP contribution < -0.4 is 5.32 Å². The molecule has 2 N–H and O–H groups in total. The van der Waals surface area contributed by atoms with Crippen molar-refractivity contribution in [3.8, 4) is 0 Å². The zero-order valence-corrected chi connectivity index (χ0v) is 10.0. The molecule has 0 saturated heterocycles. The van der Waals surface area contributed by atoms with Gasteiger partial charge in [-0.15, -0.1) is 6.58 Å². The van der Waals surface area contributed by atoms with E-state index in [0.29, 0.717) is 5.56 Å². The third-order valence-corrected chi connectivity index (χ3v) is 2.19. The monoisotopic (exact) mass is 253 g/mol. The van der Waals surface area contributed by atoms with Crippen LogP contribution in [0.1, 0.15) is 16.1 Å². The smallest absolute Gasteiger partial charge is 0.328 e. The molecule has 98 valence electrons. The molecule has 1 heterocycles. The lowest BCUT2D eigenvalue weighted by molar-refractivity contribution is -0.140. The molecular weight excluding hydrogens is 238 g/mol. The minimum atomic E-state index is -1.17. The van der Waals surface area contributed by atoms with Crippen LogP contribution in [-0.2, 0) is 9.53 Å². The van der Waals surface area contributed by atoms with Gasteiger partial charge in [-0.25, -0.2) is 4.79 Å². The summed E-state index contributed by atoms with van der Waals surface area (Å²) in [7, 11) is 0. The number of aryl methyl sites for hydroxylation is 1. The van der Waals surface area contributed by atoms with Gasteiger partial charge in [-0.05, 0) is 13.0 Å². The van der Waals surface area contributed by atoms with Gasteiger partial charge in [0.15, 0.2) is 11.8 Å². The number of rotatable bonds is 7. The summed E-state index contributed by atoms with van der Waals surface area (Å²) >= 11 is 0. The molecule has 1 atom stereocenters. The lowest BCUT2D eigenvalue weighted by atomic mass is 10.2. The number of hydrogen-bond donors (Lipinski definition) is 2. The SMILES string of the molecule is C=CCOCC(NC(=O)c1occc1C)C(=O)O. The summed E-state index contributed by atoms with van der Waals surface area (Å²) in [6.07, 6.45) is 2.87. The Kier molecular flexibility index (Phi) is 5.13. The zero-order chi connectivity index (χ0) is 13.5. The summed E-state index contributed by atoms with van der Waals surface area (Å²) in [6, 6.07) is 0.501. The van der Waals surface area contributed by atoms with Crippen LogP contribution in [0, 0.1) is 6.92 Å². The van der Waals surface area contributed by atoms with Gasteiger partial charge in [0, 0.05) is 5.56 Å². The second-order valence-corrected chi connectivity index (χ2v) is 3.62. The molecule has 1 aromatic heterocycles. The van der Waals surface area contributed by atoms with Crippen LogP contribution in [-0.4, -0.2) is 36.2 Å². The minimum Gasteiger partial charge on any atom is -0.480 e. The van der Waals surface area contributed by atoms with Gasteiger partial charge in [-0.1, -0.05) is 6.08 Å². The van der Waals surface area contributed by atoms with Crippen LogP contribution >= 0.6 is 0 Å². The molecule has 0 radical (unpaired) electrons. The van der Waals surface area contributed by atoms with E-state index in [0.717, 1.165) is 0 Å². The Balaban J connectivity index is 2.61. The van der Waals surface area contributed by atoms with Crippen molar-refractivity contribution in [1.29, 1.82) is 0 Å². The molecule has 6 nitrogen and oxygen atoms in total. The summed E-state index contributed by atoms with van der Waals surface area (Å²) in [6.45, 7) is 5.23. The molecule has 0 fully saturated rings. The van der Waals surface area contributed by atoms with E-state index < -0.39 is 17.9 Å². The number of carbonyl (C=O) groups is 2. The molecule has 1 amide bonds. The van der Waals surface area contributed by atoms with Gasteiger partial charge in [-0.3, -0.25) is 4.79 Å². The molecule has 0 aliphatic carbocycles. The van der Waals surface area contributed by atoms with Gasteiger partial charge in [-0.2, -0.15) is 0 Å². The van der Waals surface area contributed by atoms with Crippen LogP contribution in [0.15, 0.2) is 29.4 Å². The van der Waals surface area contributed by atoms with E-state index in [1.54, 1.807) is 13.0 Å². The third-order valence-electron chi connectivity index (χ3n) is 2.19. The lowest BCUT2D eigenvalue weighted by Crippen LogP contribution is -2.44. The molecule has 0 saturated carbocycles. The maximum atomic E-state index is 11.7. The van der Waals surface area contributed by atoms with Crippen molar-refractivity contribution in [2.24, 2.45) is 0 Å².